The normalized spacial score (nSPS) is 16.9. The second-order valence-corrected chi connectivity index (χ2v) is 6.36. The molecule has 0 aliphatic heterocycles. The zero-order valence-electron chi connectivity index (χ0n) is 12.7. The van der Waals surface area contributed by atoms with Crippen LogP contribution in [0.25, 0.3) is 0 Å². The number of hydrogen-bond donors (Lipinski definition) is 0. The number of carbonyl (C=O) groups is 2. The third-order valence-electron chi connectivity index (χ3n) is 3.40. The molecule has 1 saturated carbocycles. The van der Waals surface area contributed by atoms with Gasteiger partial charge >= 0.3 is 12.2 Å². The van der Waals surface area contributed by atoms with Gasteiger partial charge in [-0.15, -0.1) is 0 Å². The van der Waals surface area contributed by atoms with Gasteiger partial charge in [0.2, 0.25) is 0 Å². The Bertz CT molecular complexity index is 328. The fraction of sp³-hybridized carbons (Fsp3) is 0.857. The Labute approximate surface area is 115 Å². The molecular formula is C14H26N2O3. The topological polar surface area (TPSA) is 49.9 Å². The lowest BCUT2D eigenvalue weighted by atomic mass is 9.91. The van der Waals surface area contributed by atoms with E-state index in [0.717, 1.165) is 25.7 Å². The van der Waals surface area contributed by atoms with E-state index in [0.29, 0.717) is 0 Å². The Morgan fingerprint density at radius 3 is 1.95 bits per heavy atom. The van der Waals surface area contributed by atoms with Crippen LogP contribution in [0, 0.1) is 0 Å². The van der Waals surface area contributed by atoms with Crippen molar-refractivity contribution in [1.82, 2.24) is 9.80 Å². The third kappa shape index (κ3) is 4.40. The predicted octanol–water partition coefficient (Wildman–Crippen LogP) is 3.24. The molecule has 19 heavy (non-hydrogen) atoms. The molecule has 0 bridgehead atoms. The fourth-order valence-electron chi connectivity index (χ4n) is 2.53. The van der Waals surface area contributed by atoms with Crippen LogP contribution in [0.3, 0.4) is 0 Å². The van der Waals surface area contributed by atoms with Gasteiger partial charge in [-0.2, -0.15) is 0 Å². The molecule has 0 aromatic heterocycles. The Kier molecular flexibility index (Phi) is 5.20. The van der Waals surface area contributed by atoms with Gasteiger partial charge in [-0.1, -0.05) is 19.3 Å². The highest BCUT2D eigenvalue weighted by Crippen LogP contribution is 2.28. The molecule has 110 valence electrons. The number of ether oxygens (including phenoxy) is 1. The third-order valence-corrected chi connectivity index (χ3v) is 3.40. The van der Waals surface area contributed by atoms with Crippen molar-refractivity contribution in [3.8, 4) is 0 Å². The van der Waals surface area contributed by atoms with Crippen LogP contribution in [-0.4, -0.2) is 47.7 Å². The number of rotatable bonds is 1. The average Bonchev–Trinajstić information content (AvgIpc) is 2.28. The minimum absolute atomic E-state index is 0.177. The summed E-state index contributed by atoms with van der Waals surface area (Å²) < 4.78 is 4.93. The van der Waals surface area contributed by atoms with Crippen LogP contribution < -0.4 is 0 Å². The number of carbonyl (C=O) groups excluding carboxylic acids is 2. The zero-order chi connectivity index (χ0) is 14.6. The first-order chi connectivity index (χ1) is 8.73. The van der Waals surface area contributed by atoms with Crippen LogP contribution in [-0.2, 0) is 4.74 Å². The highest BCUT2D eigenvalue weighted by Gasteiger charge is 2.36. The summed E-state index contributed by atoms with van der Waals surface area (Å²) in [6.45, 7) is 5.93. The van der Waals surface area contributed by atoms with E-state index in [1.165, 1.54) is 11.3 Å². The Balaban J connectivity index is 2.79. The SMILES string of the molecule is CN(C)C(=O)OC(=O)N(C1CCCCC1)C(C)(C)C. The second-order valence-electron chi connectivity index (χ2n) is 6.36. The van der Waals surface area contributed by atoms with Crippen LogP contribution >= 0.6 is 0 Å². The van der Waals surface area contributed by atoms with Crippen molar-refractivity contribution >= 4 is 12.2 Å². The van der Waals surface area contributed by atoms with Gasteiger partial charge in [-0.25, -0.2) is 9.59 Å². The van der Waals surface area contributed by atoms with E-state index in [4.69, 9.17) is 4.74 Å². The molecule has 0 saturated heterocycles. The Morgan fingerprint density at radius 2 is 1.53 bits per heavy atom. The predicted molar refractivity (Wildman–Crippen MR) is 74.0 cm³/mol. The van der Waals surface area contributed by atoms with Crippen molar-refractivity contribution in [2.75, 3.05) is 14.1 Å². The fourth-order valence-corrected chi connectivity index (χ4v) is 2.53. The van der Waals surface area contributed by atoms with Crippen molar-refractivity contribution in [3.63, 3.8) is 0 Å². The smallest absolute Gasteiger partial charge is 0.359 e. The van der Waals surface area contributed by atoms with Crippen molar-refractivity contribution in [3.05, 3.63) is 0 Å². The molecule has 0 atom stereocenters. The number of amides is 2. The minimum Gasteiger partial charge on any atom is -0.359 e. The molecule has 5 nitrogen and oxygen atoms in total. The molecule has 0 radical (unpaired) electrons. The van der Waals surface area contributed by atoms with Crippen LogP contribution in [0.4, 0.5) is 9.59 Å². The second kappa shape index (κ2) is 6.26. The maximum absolute atomic E-state index is 12.3. The first-order valence-corrected chi connectivity index (χ1v) is 6.96. The summed E-state index contributed by atoms with van der Waals surface area (Å²) in [5.41, 5.74) is -0.342. The van der Waals surface area contributed by atoms with E-state index in [-0.39, 0.29) is 11.6 Å². The molecule has 0 aromatic rings. The molecular weight excluding hydrogens is 244 g/mol. The van der Waals surface area contributed by atoms with Gasteiger partial charge in [0.05, 0.1) is 0 Å². The quantitative estimate of drug-likeness (QED) is 0.687. The van der Waals surface area contributed by atoms with E-state index in [2.05, 4.69) is 0 Å². The van der Waals surface area contributed by atoms with Crippen LogP contribution in [0.1, 0.15) is 52.9 Å². The van der Waals surface area contributed by atoms with Gasteiger partial charge in [-0.05, 0) is 33.6 Å². The average molecular weight is 270 g/mol. The summed E-state index contributed by atoms with van der Waals surface area (Å²) in [7, 11) is 3.13. The monoisotopic (exact) mass is 270 g/mol. The Hall–Kier alpha value is -1.26. The molecule has 0 N–H and O–H groups in total. The summed E-state index contributed by atoms with van der Waals surface area (Å²) in [4.78, 5) is 26.8. The van der Waals surface area contributed by atoms with Crippen molar-refractivity contribution < 1.29 is 14.3 Å². The van der Waals surface area contributed by atoms with Gasteiger partial charge in [0.1, 0.15) is 0 Å². The molecule has 0 spiro atoms. The summed E-state index contributed by atoms with van der Waals surface area (Å²) in [6.07, 6.45) is 4.32. The maximum atomic E-state index is 12.3. The van der Waals surface area contributed by atoms with E-state index >= 15 is 0 Å². The summed E-state index contributed by atoms with van der Waals surface area (Å²) in [6, 6.07) is 0.177. The summed E-state index contributed by atoms with van der Waals surface area (Å²) >= 11 is 0. The molecule has 5 heteroatoms. The summed E-state index contributed by atoms with van der Waals surface area (Å²) in [5, 5.41) is 0. The lowest BCUT2D eigenvalue weighted by molar-refractivity contribution is 0.0433. The molecule has 1 aliphatic carbocycles. The maximum Gasteiger partial charge on any atom is 0.419 e. The summed E-state index contributed by atoms with van der Waals surface area (Å²) in [5.74, 6) is 0. The van der Waals surface area contributed by atoms with Crippen molar-refractivity contribution in [1.29, 1.82) is 0 Å². The molecule has 0 aromatic carbocycles. The minimum atomic E-state index is -0.616. The molecule has 0 heterocycles. The highest BCUT2D eigenvalue weighted by atomic mass is 16.6. The van der Waals surface area contributed by atoms with Gasteiger partial charge in [0, 0.05) is 25.7 Å². The lowest BCUT2D eigenvalue weighted by Crippen LogP contribution is -2.53. The van der Waals surface area contributed by atoms with Gasteiger partial charge < -0.3 is 9.64 Å². The van der Waals surface area contributed by atoms with E-state index < -0.39 is 12.2 Å². The first kappa shape index (κ1) is 15.8. The van der Waals surface area contributed by atoms with E-state index in [1.54, 1.807) is 19.0 Å². The van der Waals surface area contributed by atoms with Crippen molar-refractivity contribution in [2.45, 2.75) is 64.5 Å². The molecule has 1 rings (SSSR count). The van der Waals surface area contributed by atoms with Crippen LogP contribution in [0.2, 0.25) is 0 Å². The highest BCUT2D eigenvalue weighted by molar-refractivity contribution is 5.83. The first-order valence-electron chi connectivity index (χ1n) is 6.96. The van der Waals surface area contributed by atoms with Gasteiger partial charge in [0.15, 0.2) is 0 Å². The van der Waals surface area contributed by atoms with Crippen LogP contribution in [0.15, 0.2) is 0 Å². The number of nitrogens with zero attached hydrogens (tertiary/aromatic N) is 2. The molecule has 1 aliphatic rings. The van der Waals surface area contributed by atoms with E-state index in [9.17, 15) is 9.59 Å². The van der Waals surface area contributed by atoms with E-state index in [1.807, 2.05) is 20.8 Å². The largest absolute Gasteiger partial charge is 0.419 e. The van der Waals surface area contributed by atoms with Crippen molar-refractivity contribution in [2.24, 2.45) is 0 Å². The van der Waals surface area contributed by atoms with Gasteiger partial charge in [-0.3, -0.25) is 4.90 Å². The standard InChI is InChI=1S/C14H26N2O3/c1-14(2,3)16(11-9-7-6-8-10-11)13(18)19-12(17)15(4)5/h11H,6-10H2,1-5H3. The molecule has 0 unspecified atom stereocenters. The molecule has 1 fully saturated rings. The van der Waals surface area contributed by atoms with Crippen LogP contribution in [0.5, 0.6) is 0 Å². The Morgan fingerprint density at radius 1 is 1.00 bits per heavy atom. The number of hydrogen-bond acceptors (Lipinski definition) is 3. The van der Waals surface area contributed by atoms with Gasteiger partial charge in [0.25, 0.3) is 0 Å². The zero-order valence-corrected chi connectivity index (χ0v) is 12.7. The molecule has 2 amide bonds. The lowest BCUT2D eigenvalue weighted by Gasteiger charge is -2.42.